The summed E-state index contributed by atoms with van der Waals surface area (Å²) < 4.78 is 12.5. The number of fused-ring (bicyclic) bond motifs is 2. The van der Waals surface area contributed by atoms with Crippen LogP contribution in [0.1, 0.15) is 22.7 Å². The topological polar surface area (TPSA) is 30.5 Å². The number of rotatable bonds is 1. The van der Waals surface area contributed by atoms with Gasteiger partial charge in [-0.15, -0.1) is 0 Å². The van der Waals surface area contributed by atoms with E-state index in [0.717, 1.165) is 28.9 Å². The zero-order chi connectivity index (χ0) is 14.2. The van der Waals surface area contributed by atoms with Gasteiger partial charge in [0.15, 0.2) is 11.5 Å². The molecule has 0 saturated carbocycles. The van der Waals surface area contributed by atoms with Gasteiger partial charge in [-0.2, -0.15) is 0 Å². The summed E-state index contributed by atoms with van der Waals surface area (Å²) in [7, 11) is 0. The Kier molecular flexibility index (Phi) is 3.36. The Labute approximate surface area is 132 Å². The van der Waals surface area contributed by atoms with E-state index in [4.69, 9.17) is 9.47 Å². The molecule has 2 aromatic rings. The quantitative estimate of drug-likeness (QED) is 0.858. The SMILES string of the molecule is Brc1ccc(C2NCCc3cc4c(cc32)OCCO4)cc1. The first kappa shape index (κ1) is 13.2. The molecule has 2 aliphatic rings. The van der Waals surface area contributed by atoms with Crippen molar-refractivity contribution in [2.75, 3.05) is 19.8 Å². The van der Waals surface area contributed by atoms with E-state index >= 15 is 0 Å². The summed E-state index contributed by atoms with van der Waals surface area (Å²) >= 11 is 3.49. The van der Waals surface area contributed by atoms with Gasteiger partial charge in [0.2, 0.25) is 0 Å². The fourth-order valence-corrected chi connectivity index (χ4v) is 3.31. The highest BCUT2D eigenvalue weighted by molar-refractivity contribution is 9.10. The van der Waals surface area contributed by atoms with Gasteiger partial charge in [-0.1, -0.05) is 28.1 Å². The highest BCUT2D eigenvalue weighted by atomic mass is 79.9. The van der Waals surface area contributed by atoms with E-state index in [1.54, 1.807) is 0 Å². The predicted octanol–water partition coefficient (Wildman–Crippen LogP) is 3.46. The van der Waals surface area contributed by atoms with Crippen LogP contribution in [-0.4, -0.2) is 19.8 Å². The molecular formula is C17H16BrNO2. The second-order valence-electron chi connectivity index (χ2n) is 5.38. The van der Waals surface area contributed by atoms with Crippen LogP contribution in [0.4, 0.5) is 0 Å². The summed E-state index contributed by atoms with van der Waals surface area (Å²) in [6, 6.07) is 13.0. The molecule has 0 fully saturated rings. The highest BCUT2D eigenvalue weighted by Crippen LogP contribution is 2.38. The monoisotopic (exact) mass is 345 g/mol. The van der Waals surface area contributed by atoms with Crippen molar-refractivity contribution >= 4 is 15.9 Å². The minimum absolute atomic E-state index is 0.220. The number of halogens is 1. The van der Waals surface area contributed by atoms with E-state index in [1.165, 1.54) is 16.7 Å². The fraction of sp³-hybridized carbons (Fsp3) is 0.294. The minimum atomic E-state index is 0.220. The number of ether oxygens (including phenoxy) is 2. The van der Waals surface area contributed by atoms with Crippen molar-refractivity contribution in [3.05, 3.63) is 57.6 Å². The van der Waals surface area contributed by atoms with E-state index < -0.39 is 0 Å². The largest absolute Gasteiger partial charge is 0.486 e. The molecule has 3 nitrogen and oxygen atoms in total. The Hall–Kier alpha value is -1.52. The molecule has 0 aliphatic carbocycles. The van der Waals surface area contributed by atoms with Crippen molar-refractivity contribution in [2.45, 2.75) is 12.5 Å². The van der Waals surface area contributed by atoms with Crippen LogP contribution in [-0.2, 0) is 6.42 Å². The lowest BCUT2D eigenvalue weighted by atomic mass is 9.89. The molecule has 4 heteroatoms. The Morgan fingerprint density at radius 3 is 2.48 bits per heavy atom. The molecule has 0 amide bonds. The summed E-state index contributed by atoms with van der Waals surface area (Å²) in [5.41, 5.74) is 3.93. The van der Waals surface area contributed by atoms with E-state index in [0.29, 0.717) is 13.2 Å². The third-order valence-electron chi connectivity index (χ3n) is 4.06. The highest BCUT2D eigenvalue weighted by Gasteiger charge is 2.25. The van der Waals surface area contributed by atoms with E-state index in [9.17, 15) is 0 Å². The van der Waals surface area contributed by atoms with Crippen LogP contribution in [0.3, 0.4) is 0 Å². The molecular weight excluding hydrogens is 330 g/mol. The smallest absolute Gasteiger partial charge is 0.161 e. The molecule has 0 saturated heterocycles. The van der Waals surface area contributed by atoms with Crippen molar-refractivity contribution in [3.8, 4) is 11.5 Å². The second-order valence-corrected chi connectivity index (χ2v) is 6.30. The van der Waals surface area contributed by atoms with Crippen molar-refractivity contribution in [2.24, 2.45) is 0 Å². The predicted molar refractivity (Wildman–Crippen MR) is 85.1 cm³/mol. The molecule has 0 radical (unpaired) electrons. The Morgan fingerprint density at radius 1 is 1.00 bits per heavy atom. The molecule has 0 aromatic heterocycles. The van der Waals surface area contributed by atoms with Gasteiger partial charge in [0.1, 0.15) is 13.2 Å². The number of nitrogens with one attached hydrogen (secondary N) is 1. The van der Waals surface area contributed by atoms with E-state index in [2.05, 4.69) is 57.6 Å². The maximum atomic E-state index is 5.73. The number of benzene rings is 2. The van der Waals surface area contributed by atoms with Crippen molar-refractivity contribution in [1.82, 2.24) is 5.32 Å². The molecule has 0 spiro atoms. The minimum Gasteiger partial charge on any atom is -0.486 e. The molecule has 0 bridgehead atoms. The first-order chi connectivity index (χ1) is 10.3. The molecule has 2 aliphatic heterocycles. The first-order valence-electron chi connectivity index (χ1n) is 7.22. The van der Waals surface area contributed by atoms with Gasteiger partial charge in [0.05, 0.1) is 6.04 Å². The summed E-state index contributed by atoms with van der Waals surface area (Å²) in [5.74, 6) is 1.75. The fourth-order valence-electron chi connectivity index (χ4n) is 3.05. The maximum absolute atomic E-state index is 5.73. The summed E-state index contributed by atoms with van der Waals surface area (Å²) in [5, 5.41) is 3.61. The molecule has 4 rings (SSSR count). The van der Waals surface area contributed by atoms with Gasteiger partial charge in [-0.05, 0) is 47.4 Å². The first-order valence-corrected chi connectivity index (χ1v) is 8.02. The normalized spacial score (nSPS) is 20.0. The van der Waals surface area contributed by atoms with Gasteiger partial charge < -0.3 is 14.8 Å². The summed E-state index contributed by atoms with van der Waals surface area (Å²) in [4.78, 5) is 0. The van der Waals surface area contributed by atoms with Crippen LogP contribution in [0.15, 0.2) is 40.9 Å². The molecule has 1 atom stereocenters. The summed E-state index contributed by atoms with van der Waals surface area (Å²) in [6.45, 7) is 2.25. The van der Waals surface area contributed by atoms with E-state index in [1.807, 2.05) is 0 Å². The standard InChI is InChI=1S/C17H16BrNO2/c18-13-3-1-11(2-4-13)17-14-10-16-15(20-7-8-21-16)9-12(14)5-6-19-17/h1-4,9-10,17,19H,5-8H2. The average Bonchev–Trinajstić information content (AvgIpc) is 2.53. The van der Waals surface area contributed by atoms with E-state index in [-0.39, 0.29) is 6.04 Å². The number of hydrogen-bond donors (Lipinski definition) is 1. The van der Waals surface area contributed by atoms with Gasteiger partial charge in [-0.25, -0.2) is 0 Å². The molecule has 108 valence electrons. The van der Waals surface area contributed by atoms with Gasteiger partial charge in [-0.3, -0.25) is 0 Å². The average molecular weight is 346 g/mol. The van der Waals surface area contributed by atoms with Crippen LogP contribution in [0.2, 0.25) is 0 Å². The van der Waals surface area contributed by atoms with Crippen LogP contribution in [0, 0.1) is 0 Å². The maximum Gasteiger partial charge on any atom is 0.161 e. The van der Waals surface area contributed by atoms with Crippen molar-refractivity contribution in [1.29, 1.82) is 0 Å². The third kappa shape index (κ3) is 2.43. The Morgan fingerprint density at radius 2 is 1.71 bits per heavy atom. The molecule has 1 unspecified atom stereocenters. The lowest BCUT2D eigenvalue weighted by molar-refractivity contribution is 0.171. The van der Waals surface area contributed by atoms with Gasteiger partial charge >= 0.3 is 0 Å². The van der Waals surface area contributed by atoms with Crippen LogP contribution < -0.4 is 14.8 Å². The molecule has 2 aromatic carbocycles. The van der Waals surface area contributed by atoms with Crippen LogP contribution in [0.25, 0.3) is 0 Å². The van der Waals surface area contributed by atoms with Crippen molar-refractivity contribution < 1.29 is 9.47 Å². The lowest BCUT2D eigenvalue weighted by Crippen LogP contribution is -2.31. The number of hydrogen-bond acceptors (Lipinski definition) is 3. The zero-order valence-electron chi connectivity index (χ0n) is 11.6. The summed E-state index contributed by atoms with van der Waals surface area (Å²) in [6.07, 6.45) is 1.03. The van der Waals surface area contributed by atoms with Gasteiger partial charge in [0.25, 0.3) is 0 Å². The lowest BCUT2D eigenvalue weighted by Gasteiger charge is -2.30. The third-order valence-corrected chi connectivity index (χ3v) is 4.59. The molecule has 1 N–H and O–H groups in total. The van der Waals surface area contributed by atoms with Crippen LogP contribution in [0.5, 0.6) is 11.5 Å². The van der Waals surface area contributed by atoms with Gasteiger partial charge in [0, 0.05) is 11.0 Å². The van der Waals surface area contributed by atoms with Crippen LogP contribution >= 0.6 is 15.9 Å². The second kappa shape index (κ2) is 5.35. The Balaban J connectivity index is 1.78. The zero-order valence-corrected chi connectivity index (χ0v) is 13.2. The molecule has 2 heterocycles. The molecule has 21 heavy (non-hydrogen) atoms. The van der Waals surface area contributed by atoms with Crippen molar-refractivity contribution in [3.63, 3.8) is 0 Å². The Bertz CT molecular complexity index is 669.